The fourth-order valence-corrected chi connectivity index (χ4v) is 3.92. The molecule has 128 valence electrons. The second-order valence-electron chi connectivity index (χ2n) is 7.48. The highest BCUT2D eigenvalue weighted by Crippen LogP contribution is 2.49. The van der Waals surface area contributed by atoms with Crippen LogP contribution < -0.4 is 0 Å². The van der Waals surface area contributed by atoms with Gasteiger partial charge in [-0.05, 0) is 58.1 Å². The van der Waals surface area contributed by atoms with Crippen molar-refractivity contribution in [2.75, 3.05) is 0 Å². The topological polar surface area (TPSA) is 46.5 Å². The first kappa shape index (κ1) is 18.0. The number of ether oxygens (including phenoxy) is 1. The Bertz CT molecular complexity index is 567. The lowest BCUT2D eigenvalue weighted by molar-refractivity contribution is -0.149. The standard InChI is InChI=1S/C20H30O3/c1-7-14(5)19(21)23-17-11-15(6)20(22)9-8-13(4)10-16(20)18(17)12(2)3/h7,10-12,16-18,22H,8-9H2,1-6H3/b14-7+/t16-,17-,18-,20-/m0/s1. The van der Waals surface area contributed by atoms with Crippen molar-refractivity contribution in [3.63, 3.8) is 0 Å². The van der Waals surface area contributed by atoms with Crippen LogP contribution in [0.25, 0.3) is 0 Å². The lowest BCUT2D eigenvalue weighted by Gasteiger charge is -2.49. The number of hydrogen-bond acceptors (Lipinski definition) is 3. The summed E-state index contributed by atoms with van der Waals surface area (Å²) in [7, 11) is 0. The molecule has 0 saturated heterocycles. The second-order valence-corrected chi connectivity index (χ2v) is 7.48. The van der Waals surface area contributed by atoms with Gasteiger partial charge in [0.1, 0.15) is 6.10 Å². The molecule has 0 unspecified atom stereocenters. The van der Waals surface area contributed by atoms with Crippen LogP contribution in [0, 0.1) is 17.8 Å². The summed E-state index contributed by atoms with van der Waals surface area (Å²) < 4.78 is 5.79. The largest absolute Gasteiger partial charge is 0.454 e. The van der Waals surface area contributed by atoms with E-state index in [1.807, 2.05) is 19.9 Å². The Morgan fingerprint density at radius 2 is 2.04 bits per heavy atom. The molecular formula is C20H30O3. The zero-order valence-electron chi connectivity index (χ0n) is 15.2. The third kappa shape index (κ3) is 3.30. The van der Waals surface area contributed by atoms with E-state index in [-0.39, 0.29) is 23.9 Å². The van der Waals surface area contributed by atoms with E-state index in [4.69, 9.17) is 4.74 Å². The van der Waals surface area contributed by atoms with Gasteiger partial charge in [0.15, 0.2) is 0 Å². The highest BCUT2D eigenvalue weighted by Gasteiger charge is 2.50. The molecule has 0 aromatic rings. The van der Waals surface area contributed by atoms with Crippen molar-refractivity contribution < 1.29 is 14.6 Å². The first-order chi connectivity index (χ1) is 10.7. The van der Waals surface area contributed by atoms with Crippen LogP contribution in [0.15, 0.2) is 34.9 Å². The van der Waals surface area contributed by atoms with Crippen LogP contribution >= 0.6 is 0 Å². The minimum atomic E-state index is -0.799. The predicted molar refractivity (Wildman–Crippen MR) is 92.8 cm³/mol. The van der Waals surface area contributed by atoms with E-state index in [2.05, 4.69) is 26.8 Å². The summed E-state index contributed by atoms with van der Waals surface area (Å²) in [6.45, 7) is 12.0. The van der Waals surface area contributed by atoms with E-state index in [0.717, 1.165) is 18.4 Å². The number of fused-ring (bicyclic) bond motifs is 1. The summed E-state index contributed by atoms with van der Waals surface area (Å²) in [4.78, 5) is 12.2. The van der Waals surface area contributed by atoms with Crippen LogP contribution in [0.1, 0.15) is 54.4 Å². The molecule has 0 aromatic heterocycles. The molecule has 2 rings (SSSR count). The number of esters is 1. The van der Waals surface area contributed by atoms with E-state index in [0.29, 0.717) is 11.5 Å². The quantitative estimate of drug-likeness (QED) is 0.482. The minimum Gasteiger partial charge on any atom is -0.454 e. The monoisotopic (exact) mass is 318 g/mol. The molecule has 3 heteroatoms. The van der Waals surface area contributed by atoms with Gasteiger partial charge in [0.05, 0.1) is 5.60 Å². The van der Waals surface area contributed by atoms with Crippen LogP contribution in [-0.4, -0.2) is 22.8 Å². The molecule has 0 spiro atoms. The van der Waals surface area contributed by atoms with Crippen molar-refractivity contribution >= 4 is 5.97 Å². The van der Waals surface area contributed by atoms with Gasteiger partial charge in [-0.15, -0.1) is 0 Å². The summed E-state index contributed by atoms with van der Waals surface area (Å²) in [5, 5.41) is 11.2. The Hall–Kier alpha value is -1.35. The molecule has 0 aliphatic heterocycles. The van der Waals surface area contributed by atoms with Crippen LogP contribution in [0.4, 0.5) is 0 Å². The third-order valence-electron chi connectivity index (χ3n) is 5.58. The van der Waals surface area contributed by atoms with Crippen LogP contribution in [0.2, 0.25) is 0 Å². The lowest BCUT2D eigenvalue weighted by Crippen LogP contribution is -2.52. The average molecular weight is 318 g/mol. The van der Waals surface area contributed by atoms with E-state index >= 15 is 0 Å². The number of carbonyl (C=O) groups is 1. The maximum atomic E-state index is 12.2. The van der Waals surface area contributed by atoms with Gasteiger partial charge in [0.2, 0.25) is 0 Å². The zero-order valence-corrected chi connectivity index (χ0v) is 15.2. The van der Waals surface area contributed by atoms with Crippen molar-refractivity contribution in [2.24, 2.45) is 17.8 Å². The Balaban J connectivity index is 2.41. The molecule has 4 atom stereocenters. The molecular weight excluding hydrogens is 288 g/mol. The summed E-state index contributed by atoms with van der Waals surface area (Å²) in [6.07, 6.45) is 7.33. The highest BCUT2D eigenvalue weighted by molar-refractivity contribution is 5.87. The van der Waals surface area contributed by atoms with Crippen LogP contribution in [0.3, 0.4) is 0 Å². The van der Waals surface area contributed by atoms with Crippen molar-refractivity contribution in [3.05, 3.63) is 34.9 Å². The SMILES string of the molecule is C/C=C(\C)C(=O)O[C@H]1C=C(C)[C@@]2(O)CCC(C)=C[C@H]2[C@@H]1C(C)C. The maximum Gasteiger partial charge on any atom is 0.333 e. The molecule has 2 aliphatic rings. The number of carbonyl (C=O) groups excluding carboxylic acids is 1. The van der Waals surface area contributed by atoms with Crippen molar-refractivity contribution in [1.82, 2.24) is 0 Å². The molecule has 0 aromatic carbocycles. The molecule has 0 amide bonds. The molecule has 0 fully saturated rings. The molecule has 0 saturated carbocycles. The third-order valence-corrected chi connectivity index (χ3v) is 5.58. The fourth-order valence-electron chi connectivity index (χ4n) is 3.92. The van der Waals surface area contributed by atoms with Gasteiger partial charge in [0, 0.05) is 17.4 Å². The van der Waals surface area contributed by atoms with Gasteiger partial charge in [-0.1, -0.05) is 31.6 Å². The fraction of sp³-hybridized carbons (Fsp3) is 0.650. The highest BCUT2D eigenvalue weighted by atomic mass is 16.5. The summed E-state index contributed by atoms with van der Waals surface area (Å²) in [5.41, 5.74) is 2.07. The van der Waals surface area contributed by atoms with Gasteiger partial charge in [-0.2, -0.15) is 0 Å². The Kier molecular flexibility index (Phi) is 5.20. The Labute approximate surface area is 140 Å². The normalized spacial score (nSPS) is 34.6. The first-order valence-corrected chi connectivity index (χ1v) is 8.63. The number of allylic oxidation sites excluding steroid dienone is 2. The van der Waals surface area contributed by atoms with Gasteiger partial charge >= 0.3 is 5.97 Å². The van der Waals surface area contributed by atoms with E-state index in [9.17, 15) is 9.90 Å². The molecule has 2 aliphatic carbocycles. The van der Waals surface area contributed by atoms with Gasteiger partial charge in [0.25, 0.3) is 0 Å². The Morgan fingerprint density at radius 3 is 2.61 bits per heavy atom. The molecule has 3 nitrogen and oxygen atoms in total. The average Bonchev–Trinajstić information content (AvgIpc) is 2.48. The molecule has 0 radical (unpaired) electrons. The number of aliphatic hydroxyl groups is 1. The molecule has 0 heterocycles. The smallest absolute Gasteiger partial charge is 0.333 e. The first-order valence-electron chi connectivity index (χ1n) is 8.63. The van der Waals surface area contributed by atoms with E-state index < -0.39 is 5.60 Å². The van der Waals surface area contributed by atoms with Gasteiger partial charge < -0.3 is 9.84 Å². The van der Waals surface area contributed by atoms with E-state index in [1.165, 1.54) is 5.57 Å². The van der Waals surface area contributed by atoms with Crippen molar-refractivity contribution in [2.45, 2.75) is 66.1 Å². The van der Waals surface area contributed by atoms with Crippen LogP contribution in [-0.2, 0) is 9.53 Å². The van der Waals surface area contributed by atoms with E-state index in [1.54, 1.807) is 13.0 Å². The Morgan fingerprint density at radius 1 is 1.39 bits per heavy atom. The molecule has 0 bridgehead atoms. The summed E-state index contributed by atoms with van der Waals surface area (Å²) in [5.74, 6) is 0.133. The minimum absolute atomic E-state index is 0.00459. The number of hydrogen-bond donors (Lipinski definition) is 1. The predicted octanol–water partition coefficient (Wildman–Crippen LogP) is 4.18. The molecule has 23 heavy (non-hydrogen) atoms. The number of rotatable bonds is 3. The molecule has 1 N–H and O–H groups in total. The van der Waals surface area contributed by atoms with Crippen molar-refractivity contribution in [1.29, 1.82) is 0 Å². The van der Waals surface area contributed by atoms with Gasteiger partial charge in [-0.3, -0.25) is 0 Å². The second kappa shape index (κ2) is 6.64. The van der Waals surface area contributed by atoms with Crippen molar-refractivity contribution in [3.8, 4) is 0 Å². The summed E-state index contributed by atoms with van der Waals surface area (Å²) in [6, 6.07) is 0. The van der Waals surface area contributed by atoms with Gasteiger partial charge in [-0.25, -0.2) is 4.79 Å². The zero-order chi connectivity index (χ0) is 17.4. The maximum absolute atomic E-state index is 12.2. The van der Waals surface area contributed by atoms with Crippen LogP contribution in [0.5, 0.6) is 0 Å². The lowest BCUT2D eigenvalue weighted by atomic mass is 9.60. The summed E-state index contributed by atoms with van der Waals surface area (Å²) >= 11 is 0.